The predicted molar refractivity (Wildman–Crippen MR) is 40.1 cm³/mol. The molecule has 7 heavy (non-hydrogen) atoms. The first-order valence-corrected chi connectivity index (χ1v) is 1.00. The minimum atomic E-state index is 0. The van der Waals surface area contributed by atoms with Gasteiger partial charge in [-0.3, -0.25) is 0 Å². The average Bonchev–Trinajstić information content (AvgIpc) is 1.00. The van der Waals surface area contributed by atoms with Crippen LogP contribution < -0.4 is 0 Å². The molecule has 0 rings (SSSR count). The topological polar surface area (TPSA) is 0 Å². The molecule has 0 aliphatic carbocycles. The van der Waals surface area contributed by atoms with Gasteiger partial charge in [-0.2, -0.15) is 0 Å². The molecule has 0 fully saturated rings. The average molecular weight is 145 g/mol. The van der Waals surface area contributed by atoms with Crippen molar-refractivity contribution in [2.24, 2.45) is 0 Å². The van der Waals surface area contributed by atoms with E-state index in [1.165, 1.54) is 0 Å². The van der Waals surface area contributed by atoms with Gasteiger partial charge in [0.2, 0.25) is 0 Å². The van der Waals surface area contributed by atoms with Gasteiger partial charge in [-0.25, -0.2) is 0 Å². The minimum Gasteiger partial charge on any atom is -0.0683 e. The van der Waals surface area contributed by atoms with Crippen LogP contribution >= 0.6 is 0 Å². The molecule has 0 heterocycles. The zero-order valence-corrected chi connectivity index (χ0v) is 17.0. The molecule has 0 saturated heterocycles. The quantitative estimate of drug-likeness (QED) is 0.388. The summed E-state index contributed by atoms with van der Waals surface area (Å²) in [5.41, 5.74) is 0. The summed E-state index contributed by atoms with van der Waals surface area (Å²) in [6, 6.07) is 0. The van der Waals surface area contributed by atoms with E-state index in [1.54, 1.807) is 0 Å². The van der Waals surface area contributed by atoms with Gasteiger partial charge in [-0.15, -0.1) is 0 Å². The summed E-state index contributed by atoms with van der Waals surface area (Å²) in [4.78, 5) is 0. The van der Waals surface area contributed by atoms with Crippen molar-refractivity contribution in [1.29, 1.82) is 0 Å². The summed E-state index contributed by atoms with van der Waals surface area (Å²) in [6.45, 7) is 4.00. The Hall–Kier alpha value is 5.00. The normalized spacial score (nSPS) is 0.857. The second kappa shape index (κ2) is 44.0. The molecule has 5 heteroatoms. The maximum Gasteiger partial charge on any atom is 0 e. The zero-order chi connectivity index (χ0) is 2.00. The molecule has 0 atom stereocenters. The third kappa shape index (κ3) is 35.6. The molecule has 0 N–H and O–H groups in total. The molecule has 5 radical (unpaired) electrons. The molecule has 0 aromatic rings. The SMILES string of the molecule is CC.[Na].[Na].[Na].[Na].[Na]. The van der Waals surface area contributed by atoms with E-state index in [9.17, 15) is 0 Å². The van der Waals surface area contributed by atoms with Gasteiger partial charge in [-0.1, -0.05) is 13.8 Å². The second-order valence-electron chi connectivity index (χ2n) is 0. The van der Waals surface area contributed by atoms with Gasteiger partial charge in [0, 0.05) is 148 Å². The van der Waals surface area contributed by atoms with Crippen molar-refractivity contribution in [3.63, 3.8) is 0 Å². The van der Waals surface area contributed by atoms with Gasteiger partial charge in [0.15, 0.2) is 0 Å². The smallest absolute Gasteiger partial charge is 0 e. The Morgan fingerprint density at radius 3 is 0.429 bits per heavy atom. The van der Waals surface area contributed by atoms with Crippen LogP contribution in [0.5, 0.6) is 0 Å². The first-order chi connectivity index (χ1) is 1.00. The first-order valence-electron chi connectivity index (χ1n) is 1.00. The Morgan fingerprint density at radius 1 is 0.429 bits per heavy atom. The molecule has 0 aliphatic heterocycles. The molecule has 0 saturated carbocycles. The van der Waals surface area contributed by atoms with Gasteiger partial charge >= 0.3 is 0 Å². The Kier molecular flexibility index (Phi) is 254. The molecule has 0 amide bonds. The largest absolute Gasteiger partial charge is 0.0683 e. The minimum absolute atomic E-state index is 0. The molecule has 0 bridgehead atoms. The predicted octanol–water partition coefficient (Wildman–Crippen LogP) is -0.878. The molecule has 0 aromatic heterocycles. The Bertz CT molecular complexity index is 6.04. The fourth-order valence-electron chi connectivity index (χ4n) is 0. The van der Waals surface area contributed by atoms with Crippen molar-refractivity contribution in [2.75, 3.05) is 0 Å². The van der Waals surface area contributed by atoms with Gasteiger partial charge in [0.1, 0.15) is 0 Å². The second-order valence-corrected chi connectivity index (χ2v) is 0. The fourth-order valence-corrected chi connectivity index (χ4v) is 0. The van der Waals surface area contributed by atoms with Crippen molar-refractivity contribution < 1.29 is 0 Å². The molecular weight excluding hydrogens is 139 g/mol. The van der Waals surface area contributed by atoms with Crippen LogP contribution in [0.15, 0.2) is 0 Å². The van der Waals surface area contributed by atoms with Crippen LogP contribution in [0.25, 0.3) is 0 Å². The third-order valence-corrected chi connectivity index (χ3v) is 0. The van der Waals surface area contributed by atoms with Crippen LogP contribution in [0.2, 0.25) is 0 Å². The Balaban J connectivity index is -0.000000000500. The summed E-state index contributed by atoms with van der Waals surface area (Å²) in [5.74, 6) is 0. The maximum absolute atomic E-state index is 2.00. The van der Waals surface area contributed by atoms with Gasteiger partial charge in [-0.05, 0) is 0 Å². The van der Waals surface area contributed by atoms with E-state index in [4.69, 9.17) is 0 Å². The zero-order valence-electron chi connectivity index (χ0n) is 7.00. The molecule has 0 aromatic carbocycles. The van der Waals surface area contributed by atoms with Crippen molar-refractivity contribution in [3.8, 4) is 0 Å². The number of rotatable bonds is 0. The van der Waals surface area contributed by atoms with Gasteiger partial charge in [0.05, 0.1) is 0 Å². The van der Waals surface area contributed by atoms with E-state index in [0.29, 0.717) is 0 Å². The third-order valence-electron chi connectivity index (χ3n) is 0. The fraction of sp³-hybridized carbons (Fsp3) is 1.00. The van der Waals surface area contributed by atoms with Crippen molar-refractivity contribution >= 4 is 148 Å². The molecule has 0 unspecified atom stereocenters. The van der Waals surface area contributed by atoms with Crippen LogP contribution in [-0.2, 0) is 0 Å². The molecule has 19 valence electrons. The maximum atomic E-state index is 2.00. The van der Waals surface area contributed by atoms with Crippen LogP contribution in [0.1, 0.15) is 13.8 Å². The summed E-state index contributed by atoms with van der Waals surface area (Å²) in [5, 5.41) is 0. The molecule has 0 aliphatic rings. The summed E-state index contributed by atoms with van der Waals surface area (Å²) >= 11 is 0. The summed E-state index contributed by atoms with van der Waals surface area (Å²) in [7, 11) is 0. The van der Waals surface area contributed by atoms with E-state index in [2.05, 4.69) is 0 Å². The van der Waals surface area contributed by atoms with Gasteiger partial charge in [0.25, 0.3) is 0 Å². The van der Waals surface area contributed by atoms with Crippen LogP contribution in [0.3, 0.4) is 0 Å². The standard InChI is InChI=1S/C2H6.5Na/c1-2;;;;;/h1-2H3;;;;;. The first kappa shape index (κ1) is 40.3. The molecule has 0 nitrogen and oxygen atoms in total. The number of hydrogen-bond donors (Lipinski definition) is 0. The number of hydrogen-bond acceptors (Lipinski definition) is 0. The van der Waals surface area contributed by atoms with Crippen LogP contribution in [-0.4, -0.2) is 148 Å². The monoisotopic (exact) mass is 145 g/mol. The summed E-state index contributed by atoms with van der Waals surface area (Å²) in [6.07, 6.45) is 0. The van der Waals surface area contributed by atoms with Crippen LogP contribution in [0, 0.1) is 0 Å². The van der Waals surface area contributed by atoms with Crippen molar-refractivity contribution in [3.05, 3.63) is 0 Å². The molecular formula is C2H6Na5. The van der Waals surface area contributed by atoms with E-state index < -0.39 is 0 Å². The molecule has 0 spiro atoms. The van der Waals surface area contributed by atoms with E-state index in [0.717, 1.165) is 0 Å². The Labute approximate surface area is 157 Å². The summed E-state index contributed by atoms with van der Waals surface area (Å²) < 4.78 is 0. The van der Waals surface area contributed by atoms with Gasteiger partial charge < -0.3 is 0 Å². The Morgan fingerprint density at radius 2 is 0.429 bits per heavy atom. The van der Waals surface area contributed by atoms with E-state index >= 15 is 0 Å². The van der Waals surface area contributed by atoms with Crippen molar-refractivity contribution in [1.82, 2.24) is 0 Å². The van der Waals surface area contributed by atoms with Crippen LogP contribution in [0.4, 0.5) is 0 Å². The van der Waals surface area contributed by atoms with Crippen molar-refractivity contribution in [2.45, 2.75) is 13.8 Å². The van der Waals surface area contributed by atoms with E-state index in [1.807, 2.05) is 13.8 Å². The van der Waals surface area contributed by atoms with E-state index in [-0.39, 0.29) is 148 Å².